The summed E-state index contributed by atoms with van der Waals surface area (Å²) >= 11 is 0. The Balaban J connectivity index is 2.73. The van der Waals surface area contributed by atoms with E-state index >= 15 is 0 Å². The van der Waals surface area contributed by atoms with Gasteiger partial charge in [0.2, 0.25) is 0 Å². The van der Waals surface area contributed by atoms with Gasteiger partial charge < -0.3 is 4.74 Å². The Labute approximate surface area is 71.6 Å². The van der Waals surface area contributed by atoms with Gasteiger partial charge in [-0.2, -0.15) is 5.26 Å². The topological polar surface area (TPSA) is 45.9 Å². The number of nitrogens with zero attached hydrogens (tertiary/aromatic N) is 2. The van der Waals surface area contributed by atoms with E-state index in [-0.39, 0.29) is 6.10 Å². The van der Waals surface area contributed by atoms with Crippen molar-refractivity contribution in [1.29, 1.82) is 5.26 Å². The molecule has 3 nitrogen and oxygen atoms in total. The van der Waals surface area contributed by atoms with Crippen LogP contribution in [0, 0.1) is 11.3 Å². The molecule has 0 spiro atoms. The second kappa shape index (κ2) is 3.72. The number of pyridine rings is 1. The molecule has 0 saturated carbocycles. The third-order valence-electron chi connectivity index (χ3n) is 1.22. The van der Waals surface area contributed by atoms with Gasteiger partial charge in [-0.15, -0.1) is 0 Å². The first-order valence-electron chi connectivity index (χ1n) is 3.75. The van der Waals surface area contributed by atoms with Crippen LogP contribution in [0.15, 0.2) is 18.3 Å². The van der Waals surface area contributed by atoms with Gasteiger partial charge >= 0.3 is 0 Å². The SMILES string of the molecule is CC(C)Oc1ccc(C#N)nc1. The Morgan fingerprint density at radius 2 is 2.25 bits per heavy atom. The van der Waals surface area contributed by atoms with Gasteiger partial charge in [-0.1, -0.05) is 0 Å². The number of aromatic nitrogens is 1. The predicted molar refractivity (Wildman–Crippen MR) is 44.7 cm³/mol. The molecular formula is C9H10N2O. The Morgan fingerprint density at radius 1 is 1.50 bits per heavy atom. The molecular weight excluding hydrogens is 152 g/mol. The third-order valence-corrected chi connectivity index (χ3v) is 1.22. The maximum absolute atomic E-state index is 8.46. The largest absolute Gasteiger partial charge is 0.489 e. The first-order valence-corrected chi connectivity index (χ1v) is 3.75. The van der Waals surface area contributed by atoms with Crippen LogP contribution in [0.1, 0.15) is 19.5 Å². The maximum Gasteiger partial charge on any atom is 0.140 e. The molecule has 0 aromatic carbocycles. The van der Waals surface area contributed by atoms with Crippen molar-refractivity contribution >= 4 is 0 Å². The Morgan fingerprint density at radius 3 is 2.67 bits per heavy atom. The lowest BCUT2D eigenvalue weighted by Gasteiger charge is -2.07. The van der Waals surface area contributed by atoms with E-state index in [4.69, 9.17) is 10.00 Å². The summed E-state index contributed by atoms with van der Waals surface area (Å²) in [5.74, 6) is 0.698. The summed E-state index contributed by atoms with van der Waals surface area (Å²) in [6, 6.07) is 5.32. The number of rotatable bonds is 2. The zero-order valence-electron chi connectivity index (χ0n) is 7.11. The van der Waals surface area contributed by atoms with Crippen LogP contribution in [-0.4, -0.2) is 11.1 Å². The van der Waals surface area contributed by atoms with Crippen molar-refractivity contribution in [1.82, 2.24) is 4.98 Å². The van der Waals surface area contributed by atoms with E-state index in [2.05, 4.69) is 4.98 Å². The first-order chi connectivity index (χ1) is 5.72. The van der Waals surface area contributed by atoms with Crippen LogP contribution in [0.5, 0.6) is 5.75 Å². The second-order valence-electron chi connectivity index (χ2n) is 2.66. The number of nitriles is 1. The summed E-state index contributed by atoms with van der Waals surface area (Å²) in [6.45, 7) is 3.89. The lowest BCUT2D eigenvalue weighted by Crippen LogP contribution is -2.05. The average Bonchev–Trinajstić information content (AvgIpc) is 2.05. The molecule has 3 heteroatoms. The van der Waals surface area contributed by atoms with Crippen LogP contribution in [0.2, 0.25) is 0 Å². The van der Waals surface area contributed by atoms with Crippen LogP contribution < -0.4 is 4.74 Å². The van der Waals surface area contributed by atoms with E-state index in [0.29, 0.717) is 11.4 Å². The minimum Gasteiger partial charge on any atom is -0.489 e. The maximum atomic E-state index is 8.46. The fourth-order valence-corrected chi connectivity index (χ4v) is 0.788. The molecule has 0 aliphatic carbocycles. The molecule has 0 unspecified atom stereocenters. The van der Waals surface area contributed by atoms with Gasteiger partial charge in [-0.05, 0) is 26.0 Å². The lowest BCUT2D eigenvalue weighted by molar-refractivity contribution is 0.241. The molecule has 0 radical (unpaired) electrons. The van der Waals surface area contributed by atoms with Gasteiger partial charge in [0, 0.05) is 0 Å². The summed E-state index contributed by atoms with van der Waals surface area (Å²) in [4.78, 5) is 3.86. The summed E-state index contributed by atoms with van der Waals surface area (Å²) in [5, 5.41) is 8.46. The summed E-state index contributed by atoms with van der Waals surface area (Å²) in [7, 11) is 0. The lowest BCUT2D eigenvalue weighted by atomic mass is 10.3. The van der Waals surface area contributed by atoms with E-state index < -0.39 is 0 Å². The Kier molecular flexibility index (Phi) is 2.65. The highest BCUT2D eigenvalue weighted by atomic mass is 16.5. The van der Waals surface area contributed by atoms with Gasteiger partial charge in [0.15, 0.2) is 0 Å². The zero-order valence-corrected chi connectivity index (χ0v) is 7.11. The second-order valence-corrected chi connectivity index (χ2v) is 2.66. The molecule has 1 aromatic rings. The molecule has 1 aromatic heterocycles. The Hall–Kier alpha value is -1.56. The van der Waals surface area contributed by atoms with E-state index in [1.807, 2.05) is 19.9 Å². The molecule has 0 aliphatic heterocycles. The molecule has 0 bridgehead atoms. The van der Waals surface area contributed by atoms with Crippen LogP contribution in [0.3, 0.4) is 0 Å². The number of ether oxygens (including phenoxy) is 1. The van der Waals surface area contributed by atoms with Crippen molar-refractivity contribution < 1.29 is 4.74 Å². The van der Waals surface area contributed by atoms with E-state index in [1.165, 1.54) is 0 Å². The van der Waals surface area contributed by atoms with Gasteiger partial charge in [-0.3, -0.25) is 0 Å². The van der Waals surface area contributed by atoms with E-state index in [9.17, 15) is 0 Å². The summed E-state index contributed by atoms with van der Waals surface area (Å²) in [5.41, 5.74) is 0.408. The van der Waals surface area contributed by atoms with Crippen molar-refractivity contribution in [2.75, 3.05) is 0 Å². The van der Waals surface area contributed by atoms with Gasteiger partial charge in [0.05, 0.1) is 12.3 Å². The molecule has 0 atom stereocenters. The predicted octanol–water partition coefficient (Wildman–Crippen LogP) is 1.74. The monoisotopic (exact) mass is 162 g/mol. The summed E-state index contributed by atoms with van der Waals surface area (Å²) in [6.07, 6.45) is 1.69. The fraction of sp³-hybridized carbons (Fsp3) is 0.333. The standard InChI is InChI=1S/C9H10N2O/c1-7(2)12-9-4-3-8(5-10)11-6-9/h3-4,6-7H,1-2H3. The van der Waals surface area contributed by atoms with Crippen molar-refractivity contribution in [3.8, 4) is 11.8 Å². The molecule has 0 saturated heterocycles. The number of hydrogen-bond acceptors (Lipinski definition) is 3. The highest BCUT2D eigenvalue weighted by molar-refractivity contribution is 5.26. The van der Waals surface area contributed by atoms with E-state index in [0.717, 1.165) is 0 Å². The zero-order chi connectivity index (χ0) is 8.97. The van der Waals surface area contributed by atoms with Crippen LogP contribution >= 0.6 is 0 Å². The van der Waals surface area contributed by atoms with Crippen LogP contribution in [-0.2, 0) is 0 Å². The summed E-state index contributed by atoms with van der Waals surface area (Å²) < 4.78 is 5.34. The highest BCUT2D eigenvalue weighted by Crippen LogP contribution is 2.10. The van der Waals surface area contributed by atoms with E-state index in [1.54, 1.807) is 18.3 Å². The van der Waals surface area contributed by atoms with Crippen LogP contribution in [0.4, 0.5) is 0 Å². The smallest absolute Gasteiger partial charge is 0.140 e. The minimum atomic E-state index is 0.139. The van der Waals surface area contributed by atoms with Gasteiger partial charge in [0.25, 0.3) is 0 Å². The molecule has 1 rings (SSSR count). The van der Waals surface area contributed by atoms with Crippen molar-refractivity contribution in [3.63, 3.8) is 0 Å². The molecule has 0 fully saturated rings. The molecule has 0 N–H and O–H groups in total. The van der Waals surface area contributed by atoms with Crippen molar-refractivity contribution in [3.05, 3.63) is 24.0 Å². The normalized spacial score (nSPS) is 9.50. The fourth-order valence-electron chi connectivity index (χ4n) is 0.788. The quantitative estimate of drug-likeness (QED) is 0.665. The van der Waals surface area contributed by atoms with Crippen LogP contribution in [0.25, 0.3) is 0 Å². The number of hydrogen-bond donors (Lipinski definition) is 0. The third kappa shape index (κ3) is 2.24. The Bertz CT molecular complexity index is 284. The van der Waals surface area contributed by atoms with Crippen molar-refractivity contribution in [2.24, 2.45) is 0 Å². The molecule has 0 aliphatic rings. The van der Waals surface area contributed by atoms with Crippen molar-refractivity contribution in [2.45, 2.75) is 20.0 Å². The molecule has 0 amide bonds. The van der Waals surface area contributed by atoms with Gasteiger partial charge in [0.1, 0.15) is 17.5 Å². The molecule has 12 heavy (non-hydrogen) atoms. The highest BCUT2D eigenvalue weighted by Gasteiger charge is 1.97. The minimum absolute atomic E-state index is 0.139. The first kappa shape index (κ1) is 8.54. The molecule has 1 heterocycles. The van der Waals surface area contributed by atoms with Gasteiger partial charge in [-0.25, -0.2) is 4.98 Å². The average molecular weight is 162 g/mol. The molecule has 62 valence electrons.